The summed E-state index contributed by atoms with van der Waals surface area (Å²) in [6.45, 7) is 9.17. The minimum absolute atomic E-state index is 0.0152. The van der Waals surface area contributed by atoms with Crippen molar-refractivity contribution in [2.45, 2.75) is 63.7 Å². The molecule has 2 aromatic carbocycles. The Bertz CT molecular complexity index is 1070. The molecule has 0 spiro atoms. The van der Waals surface area contributed by atoms with Crippen molar-refractivity contribution >= 4 is 16.1 Å². The average Bonchev–Trinajstić information content (AvgIpc) is 2.81. The summed E-state index contributed by atoms with van der Waals surface area (Å²) in [7, 11) is -0.836. The maximum Gasteiger partial charge on any atom is 0.410 e. The fraction of sp³-hybridized carbons (Fsp3) is 0.519. The molecule has 0 aliphatic carbocycles. The molecule has 0 saturated carbocycles. The predicted molar refractivity (Wildman–Crippen MR) is 141 cm³/mol. The molecule has 200 valence electrons. The molecule has 36 heavy (non-hydrogen) atoms. The second-order valence-corrected chi connectivity index (χ2v) is 12.2. The molecule has 2 aromatic rings. The molecule has 0 aliphatic heterocycles. The molecular formula is C27H40N2O6S. The summed E-state index contributed by atoms with van der Waals surface area (Å²) in [5, 5.41) is 11.4. The van der Waals surface area contributed by atoms with E-state index < -0.39 is 33.9 Å². The highest BCUT2D eigenvalue weighted by atomic mass is 32.2. The van der Waals surface area contributed by atoms with Crippen LogP contribution in [-0.4, -0.2) is 73.8 Å². The van der Waals surface area contributed by atoms with E-state index in [1.54, 1.807) is 40.0 Å². The minimum Gasteiger partial charge on any atom is -0.497 e. The van der Waals surface area contributed by atoms with E-state index in [2.05, 4.69) is 0 Å². The first-order valence-corrected chi connectivity index (χ1v) is 13.5. The smallest absolute Gasteiger partial charge is 0.410 e. The summed E-state index contributed by atoms with van der Waals surface area (Å²) < 4.78 is 39.0. The van der Waals surface area contributed by atoms with E-state index in [1.807, 2.05) is 44.2 Å². The van der Waals surface area contributed by atoms with Crippen LogP contribution in [0.3, 0.4) is 0 Å². The fourth-order valence-electron chi connectivity index (χ4n) is 3.76. The number of methoxy groups -OCH3 is 1. The van der Waals surface area contributed by atoms with Crippen molar-refractivity contribution in [1.82, 2.24) is 9.21 Å². The van der Waals surface area contributed by atoms with Gasteiger partial charge in [0.1, 0.15) is 11.4 Å². The van der Waals surface area contributed by atoms with Gasteiger partial charge in [0.05, 0.1) is 24.2 Å². The SMILES string of the molecule is COc1ccc(S(=O)(=O)N(CC(C)C)C[C@@H](O)[C@H](Cc2ccccc2)N(C)C(=O)OC(C)(C)C)cc1. The predicted octanol–water partition coefficient (Wildman–Crippen LogP) is 4.18. The van der Waals surface area contributed by atoms with Gasteiger partial charge < -0.3 is 19.5 Å². The molecule has 0 radical (unpaired) electrons. The lowest BCUT2D eigenvalue weighted by atomic mass is 10.00. The van der Waals surface area contributed by atoms with Crippen molar-refractivity contribution in [1.29, 1.82) is 0 Å². The molecule has 0 saturated heterocycles. The van der Waals surface area contributed by atoms with Gasteiger partial charge in [0, 0.05) is 20.1 Å². The third-order valence-corrected chi connectivity index (χ3v) is 7.41. The maximum atomic E-state index is 13.5. The van der Waals surface area contributed by atoms with Crippen LogP contribution in [0.25, 0.3) is 0 Å². The average molecular weight is 521 g/mol. The highest BCUT2D eigenvalue weighted by Gasteiger charge is 2.35. The molecule has 0 heterocycles. The summed E-state index contributed by atoms with van der Waals surface area (Å²) >= 11 is 0. The molecule has 9 heteroatoms. The van der Waals surface area contributed by atoms with Crippen molar-refractivity contribution in [3.05, 3.63) is 60.2 Å². The van der Waals surface area contributed by atoms with Crippen LogP contribution in [0.4, 0.5) is 4.79 Å². The molecule has 0 unspecified atom stereocenters. The van der Waals surface area contributed by atoms with E-state index in [4.69, 9.17) is 9.47 Å². The standard InChI is InChI=1S/C27H40N2O6S/c1-20(2)18-29(36(32,33)23-15-13-22(34-7)14-16-23)19-25(30)24(17-21-11-9-8-10-12-21)28(6)26(31)35-27(3,4)5/h8-16,20,24-25,30H,17-19H2,1-7H3/t24-,25+/m0/s1. The highest BCUT2D eigenvalue weighted by molar-refractivity contribution is 7.89. The van der Waals surface area contributed by atoms with Crippen LogP contribution in [0.15, 0.2) is 59.5 Å². The van der Waals surface area contributed by atoms with Gasteiger partial charge in [-0.1, -0.05) is 44.2 Å². The number of amides is 1. The Morgan fingerprint density at radius 3 is 2.08 bits per heavy atom. The molecule has 0 fully saturated rings. The number of aliphatic hydroxyl groups excluding tert-OH is 1. The number of aliphatic hydroxyl groups is 1. The molecule has 8 nitrogen and oxygen atoms in total. The number of sulfonamides is 1. The molecule has 2 atom stereocenters. The maximum absolute atomic E-state index is 13.5. The first-order chi connectivity index (χ1) is 16.7. The topological polar surface area (TPSA) is 96.4 Å². The number of carbonyl (C=O) groups excluding carboxylic acids is 1. The van der Waals surface area contributed by atoms with E-state index in [1.165, 1.54) is 28.4 Å². The molecule has 0 bridgehead atoms. The third-order valence-electron chi connectivity index (χ3n) is 5.57. The van der Waals surface area contributed by atoms with E-state index in [0.29, 0.717) is 12.2 Å². The third kappa shape index (κ3) is 8.50. The first-order valence-electron chi connectivity index (χ1n) is 12.1. The zero-order valence-electron chi connectivity index (χ0n) is 22.3. The van der Waals surface area contributed by atoms with Crippen LogP contribution in [0.2, 0.25) is 0 Å². The Labute approximate surface area is 215 Å². The highest BCUT2D eigenvalue weighted by Crippen LogP contribution is 2.23. The van der Waals surface area contributed by atoms with Gasteiger partial charge in [-0.25, -0.2) is 13.2 Å². The van der Waals surface area contributed by atoms with Gasteiger partial charge in [-0.3, -0.25) is 0 Å². The fourth-order valence-corrected chi connectivity index (χ4v) is 5.38. The summed E-state index contributed by atoms with van der Waals surface area (Å²) in [5.41, 5.74) is 0.194. The summed E-state index contributed by atoms with van der Waals surface area (Å²) in [6, 6.07) is 14.9. The Kier molecular flexibility index (Phi) is 10.3. The van der Waals surface area contributed by atoms with Crippen LogP contribution >= 0.6 is 0 Å². The van der Waals surface area contributed by atoms with Crippen LogP contribution in [0.1, 0.15) is 40.2 Å². The molecular weight excluding hydrogens is 480 g/mol. The molecule has 0 aliphatic rings. The normalized spacial score (nSPS) is 13.9. The van der Waals surface area contributed by atoms with Crippen LogP contribution < -0.4 is 4.74 Å². The van der Waals surface area contributed by atoms with E-state index in [-0.39, 0.29) is 23.9 Å². The second kappa shape index (κ2) is 12.6. The number of hydrogen-bond acceptors (Lipinski definition) is 6. The molecule has 0 aromatic heterocycles. The van der Waals surface area contributed by atoms with Crippen LogP contribution in [0, 0.1) is 5.92 Å². The Morgan fingerprint density at radius 1 is 1.00 bits per heavy atom. The molecule has 1 amide bonds. The van der Waals surface area contributed by atoms with Gasteiger partial charge in [0.25, 0.3) is 0 Å². The Hall–Kier alpha value is -2.62. The summed E-state index contributed by atoms with van der Waals surface area (Å²) in [6.07, 6.45) is -1.43. The van der Waals surface area contributed by atoms with Crippen molar-refractivity contribution in [3.8, 4) is 5.75 Å². The number of rotatable bonds is 11. The molecule has 2 rings (SSSR count). The Morgan fingerprint density at radius 2 is 1.58 bits per heavy atom. The van der Waals surface area contributed by atoms with E-state index in [9.17, 15) is 18.3 Å². The van der Waals surface area contributed by atoms with Crippen molar-refractivity contribution in [3.63, 3.8) is 0 Å². The largest absolute Gasteiger partial charge is 0.497 e. The van der Waals surface area contributed by atoms with Crippen molar-refractivity contribution in [2.75, 3.05) is 27.2 Å². The molecule has 1 N–H and O–H groups in total. The number of benzene rings is 2. The summed E-state index contributed by atoms with van der Waals surface area (Å²) in [5.74, 6) is 0.563. The lowest BCUT2D eigenvalue weighted by Gasteiger charge is -2.36. The number of hydrogen-bond donors (Lipinski definition) is 1. The first kappa shape index (κ1) is 29.6. The minimum atomic E-state index is -3.91. The van der Waals surface area contributed by atoms with Gasteiger partial charge in [0.2, 0.25) is 10.0 Å². The number of carbonyl (C=O) groups is 1. The Balaban J connectivity index is 2.38. The van der Waals surface area contributed by atoms with Crippen LogP contribution in [-0.2, 0) is 21.2 Å². The lowest BCUT2D eigenvalue weighted by molar-refractivity contribution is -0.00118. The van der Waals surface area contributed by atoms with Crippen molar-refractivity contribution < 1.29 is 27.8 Å². The quantitative estimate of drug-likeness (QED) is 0.478. The zero-order valence-corrected chi connectivity index (χ0v) is 23.2. The van der Waals surface area contributed by atoms with Gasteiger partial charge in [-0.2, -0.15) is 4.31 Å². The van der Waals surface area contributed by atoms with Crippen molar-refractivity contribution in [2.24, 2.45) is 5.92 Å². The van der Waals surface area contributed by atoms with Crippen LogP contribution in [0.5, 0.6) is 5.75 Å². The summed E-state index contributed by atoms with van der Waals surface area (Å²) in [4.78, 5) is 14.4. The zero-order chi connectivity index (χ0) is 27.1. The van der Waals surface area contributed by atoms with E-state index >= 15 is 0 Å². The number of likely N-dealkylation sites (N-methyl/N-ethyl adjacent to an activating group) is 1. The second-order valence-electron chi connectivity index (χ2n) is 10.3. The van der Waals surface area contributed by atoms with Gasteiger partial charge >= 0.3 is 6.09 Å². The lowest BCUT2D eigenvalue weighted by Crippen LogP contribution is -2.52. The van der Waals surface area contributed by atoms with Gasteiger partial charge in [0.15, 0.2) is 0 Å². The van der Waals surface area contributed by atoms with E-state index in [0.717, 1.165) is 5.56 Å². The monoisotopic (exact) mass is 520 g/mol. The number of ether oxygens (including phenoxy) is 2. The van der Waals surface area contributed by atoms with Gasteiger partial charge in [-0.15, -0.1) is 0 Å². The number of nitrogens with zero attached hydrogens (tertiary/aromatic N) is 2. The van der Waals surface area contributed by atoms with Gasteiger partial charge in [-0.05, 0) is 62.9 Å².